The molecule has 3 heteroatoms. The predicted octanol–water partition coefficient (Wildman–Crippen LogP) is 3.21. The molecule has 0 heterocycles. The molecule has 0 spiro atoms. The highest BCUT2D eigenvalue weighted by molar-refractivity contribution is 4.91. The van der Waals surface area contributed by atoms with Crippen LogP contribution < -0.4 is 5.73 Å². The number of unbranched alkanes of at least 4 members (excludes halogenated alkanes) is 11. The van der Waals surface area contributed by atoms with Crippen molar-refractivity contribution >= 4 is 0 Å². The quantitative estimate of drug-likeness (QED) is 0.321. The second-order valence-electron chi connectivity index (χ2n) is 6.19. The summed E-state index contributed by atoms with van der Waals surface area (Å²) in [6, 6.07) is -0.307. The van der Waals surface area contributed by atoms with Crippen LogP contribution in [0, 0.1) is 0 Å². The standard InChI is InChI=1S/C18H37NO2/c1-2-3-4-5-6-7-8-9-10-11-12-13-14-15-18(21)17(19)16-20/h14-15,17-18,20-21H,2-13,16,19H2,1H3/p+1/b15-14+/t17-,18+/m1/s1. The highest BCUT2D eigenvalue weighted by Gasteiger charge is 2.12. The van der Waals surface area contributed by atoms with Gasteiger partial charge in [0, 0.05) is 0 Å². The zero-order valence-electron chi connectivity index (χ0n) is 14.1. The zero-order chi connectivity index (χ0) is 15.8. The molecule has 0 amide bonds. The maximum absolute atomic E-state index is 9.59. The number of hydrogen-bond acceptors (Lipinski definition) is 2. The molecule has 0 bridgehead atoms. The van der Waals surface area contributed by atoms with Gasteiger partial charge in [0.25, 0.3) is 0 Å². The monoisotopic (exact) mass is 300 g/mol. The highest BCUT2D eigenvalue weighted by Crippen LogP contribution is 2.12. The fourth-order valence-electron chi connectivity index (χ4n) is 2.43. The van der Waals surface area contributed by atoms with E-state index in [0.717, 1.165) is 6.42 Å². The molecule has 0 aromatic rings. The van der Waals surface area contributed by atoms with Crippen molar-refractivity contribution in [1.82, 2.24) is 0 Å². The lowest BCUT2D eigenvalue weighted by Crippen LogP contribution is -2.67. The van der Waals surface area contributed by atoms with E-state index in [4.69, 9.17) is 5.11 Å². The molecule has 0 aromatic heterocycles. The molecule has 2 atom stereocenters. The average Bonchev–Trinajstić information content (AvgIpc) is 2.50. The number of rotatable bonds is 15. The Hall–Kier alpha value is -0.380. The number of aliphatic hydroxyl groups excluding tert-OH is 2. The molecule has 0 saturated heterocycles. The van der Waals surface area contributed by atoms with Gasteiger partial charge >= 0.3 is 0 Å². The van der Waals surface area contributed by atoms with Gasteiger partial charge in [0.1, 0.15) is 12.1 Å². The van der Waals surface area contributed by atoms with E-state index in [9.17, 15) is 5.11 Å². The van der Waals surface area contributed by atoms with Crippen LogP contribution in [0.5, 0.6) is 0 Å². The summed E-state index contributed by atoms with van der Waals surface area (Å²) in [4.78, 5) is 0. The average molecular weight is 301 g/mol. The van der Waals surface area contributed by atoms with Crippen LogP contribution in [-0.4, -0.2) is 29.0 Å². The van der Waals surface area contributed by atoms with Gasteiger partial charge in [-0.25, -0.2) is 0 Å². The minimum atomic E-state index is -0.609. The van der Waals surface area contributed by atoms with Crippen molar-refractivity contribution in [3.8, 4) is 0 Å². The van der Waals surface area contributed by atoms with Gasteiger partial charge in [0.2, 0.25) is 0 Å². The summed E-state index contributed by atoms with van der Waals surface area (Å²) >= 11 is 0. The van der Waals surface area contributed by atoms with E-state index >= 15 is 0 Å². The van der Waals surface area contributed by atoms with E-state index in [0.29, 0.717) is 0 Å². The van der Waals surface area contributed by atoms with Crippen LogP contribution in [-0.2, 0) is 0 Å². The molecule has 21 heavy (non-hydrogen) atoms. The third kappa shape index (κ3) is 14.3. The van der Waals surface area contributed by atoms with Gasteiger partial charge in [-0.3, -0.25) is 0 Å². The molecule has 0 aliphatic rings. The van der Waals surface area contributed by atoms with Gasteiger partial charge in [-0.05, 0) is 12.8 Å². The number of hydrogen-bond donors (Lipinski definition) is 3. The summed E-state index contributed by atoms with van der Waals surface area (Å²) in [7, 11) is 0. The first-order chi connectivity index (χ1) is 10.2. The van der Waals surface area contributed by atoms with E-state index in [-0.39, 0.29) is 12.6 Å². The molecule has 0 aliphatic carbocycles. The summed E-state index contributed by atoms with van der Waals surface area (Å²) < 4.78 is 0. The lowest BCUT2D eigenvalue weighted by molar-refractivity contribution is -0.438. The van der Waals surface area contributed by atoms with Crippen molar-refractivity contribution < 1.29 is 15.9 Å². The van der Waals surface area contributed by atoms with Gasteiger partial charge < -0.3 is 15.9 Å². The van der Waals surface area contributed by atoms with Crippen LogP contribution in [0.3, 0.4) is 0 Å². The van der Waals surface area contributed by atoms with Crippen LogP contribution in [0.4, 0.5) is 0 Å². The van der Waals surface area contributed by atoms with Gasteiger partial charge in [-0.2, -0.15) is 0 Å². The molecule has 0 rings (SSSR count). The largest absolute Gasteiger partial charge is 0.390 e. The van der Waals surface area contributed by atoms with E-state index in [1.54, 1.807) is 6.08 Å². The smallest absolute Gasteiger partial charge is 0.138 e. The van der Waals surface area contributed by atoms with Gasteiger partial charge in [0.05, 0.1) is 6.61 Å². The molecule has 0 fully saturated rings. The van der Waals surface area contributed by atoms with Crippen molar-refractivity contribution in [3.05, 3.63) is 12.2 Å². The third-order valence-electron chi connectivity index (χ3n) is 4.03. The number of allylic oxidation sites excluding steroid dienone is 1. The normalized spacial score (nSPS) is 14.7. The Bertz CT molecular complexity index is 231. The maximum atomic E-state index is 9.59. The van der Waals surface area contributed by atoms with Crippen LogP contribution in [0.15, 0.2) is 12.2 Å². The first-order valence-electron chi connectivity index (χ1n) is 9.01. The number of quaternary nitrogens is 1. The molecule has 0 aromatic carbocycles. The summed E-state index contributed by atoms with van der Waals surface area (Å²) in [5.41, 5.74) is 3.69. The molecule has 126 valence electrons. The van der Waals surface area contributed by atoms with Crippen molar-refractivity contribution in [2.75, 3.05) is 6.61 Å². The van der Waals surface area contributed by atoms with E-state index < -0.39 is 6.10 Å². The van der Waals surface area contributed by atoms with Crippen molar-refractivity contribution in [1.29, 1.82) is 0 Å². The summed E-state index contributed by atoms with van der Waals surface area (Å²) in [5, 5.41) is 18.4. The Morgan fingerprint density at radius 2 is 1.33 bits per heavy atom. The Balaban J connectivity index is 3.20. The zero-order valence-corrected chi connectivity index (χ0v) is 14.1. The van der Waals surface area contributed by atoms with Crippen LogP contribution in [0.1, 0.15) is 84.0 Å². The van der Waals surface area contributed by atoms with E-state index in [1.807, 2.05) is 6.08 Å². The summed E-state index contributed by atoms with van der Waals surface area (Å²) in [6.07, 6.45) is 19.2. The Labute approximate surface area is 131 Å². The van der Waals surface area contributed by atoms with Crippen LogP contribution in [0.2, 0.25) is 0 Å². The van der Waals surface area contributed by atoms with Gasteiger partial charge in [0.15, 0.2) is 0 Å². The minimum absolute atomic E-state index is 0.0655. The van der Waals surface area contributed by atoms with Crippen molar-refractivity contribution in [2.45, 2.75) is 96.1 Å². The molecular formula is C18H38NO2+. The molecule has 0 aliphatic heterocycles. The lowest BCUT2D eigenvalue weighted by atomic mass is 10.0. The maximum Gasteiger partial charge on any atom is 0.138 e. The Kier molecular flexibility index (Phi) is 15.7. The Morgan fingerprint density at radius 3 is 1.81 bits per heavy atom. The second kappa shape index (κ2) is 16.0. The predicted molar refractivity (Wildman–Crippen MR) is 90.0 cm³/mol. The topological polar surface area (TPSA) is 68.1 Å². The first kappa shape index (κ1) is 20.6. The molecule has 0 unspecified atom stereocenters. The molecule has 5 N–H and O–H groups in total. The fraction of sp³-hybridized carbons (Fsp3) is 0.889. The minimum Gasteiger partial charge on any atom is -0.390 e. The third-order valence-corrected chi connectivity index (χ3v) is 4.03. The Morgan fingerprint density at radius 1 is 0.857 bits per heavy atom. The van der Waals surface area contributed by atoms with Gasteiger partial charge in [-0.15, -0.1) is 0 Å². The summed E-state index contributed by atoms with van der Waals surface area (Å²) in [5.74, 6) is 0. The van der Waals surface area contributed by atoms with Crippen LogP contribution >= 0.6 is 0 Å². The lowest BCUT2D eigenvalue weighted by Gasteiger charge is -2.08. The summed E-state index contributed by atoms with van der Waals surface area (Å²) in [6.45, 7) is 2.20. The fourth-order valence-corrected chi connectivity index (χ4v) is 2.43. The van der Waals surface area contributed by atoms with E-state index in [2.05, 4.69) is 12.7 Å². The van der Waals surface area contributed by atoms with Crippen molar-refractivity contribution in [2.24, 2.45) is 0 Å². The first-order valence-corrected chi connectivity index (χ1v) is 9.01. The SMILES string of the molecule is CCCCCCCCCCCCC/C=C/[C@H](O)[C@H]([NH3+])CO. The molecule has 0 radical (unpaired) electrons. The molecule has 3 nitrogen and oxygen atoms in total. The van der Waals surface area contributed by atoms with E-state index in [1.165, 1.54) is 70.6 Å². The second-order valence-corrected chi connectivity index (χ2v) is 6.19. The molecule has 0 saturated carbocycles. The highest BCUT2D eigenvalue weighted by atomic mass is 16.3. The van der Waals surface area contributed by atoms with Crippen molar-refractivity contribution in [3.63, 3.8) is 0 Å². The molecular weight excluding hydrogens is 262 g/mol. The van der Waals surface area contributed by atoms with Gasteiger partial charge in [-0.1, -0.05) is 83.3 Å². The number of aliphatic hydroxyl groups is 2. The van der Waals surface area contributed by atoms with Crippen LogP contribution in [0.25, 0.3) is 0 Å².